The summed E-state index contributed by atoms with van der Waals surface area (Å²) >= 11 is 0. The SMILES string of the molecule is N#Cc1ccccc1Nc1ccc(N)cc1C#N. The van der Waals surface area contributed by atoms with E-state index >= 15 is 0 Å². The zero-order valence-corrected chi connectivity index (χ0v) is 9.51. The lowest BCUT2D eigenvalue weighted by atomic mass is 10.1. The number of anilines is 3. The summed E-state index contributed by atoms with van der Waals surface area (Å²) in [6, 6.07) is 16.3. The Kier molecular flexibility index (Phi) is 3.13. The second-order valence-corrected chi connectivity index (χ2v) is 3.70. The largest absolute Gasteiger partial charge is 0.399 e. The Hall–Kier alpha value is -2.98. The second-order valence-electron chi connectivity index (χ2n) is 3.70. The molecule has 0 aliphatic carbocycles. The van der Waals surface area contributed by atoms with Crippen LogP contribution < -0.4 is 11.1 Å². The van der Waals surface area contributed by atoms with E-state index < -0.39 is 0 Å². The van der Waals surface area contributed by atoms with E-state index in [0.717, 1.165) is 0 Å². The van der Waals surface area contributed by atoms with Crippen LogP contribution in [0.5, 0.6) is 0 Å². The molecule has 4 nitrogen and oxygen atoms in total. The molecule has 0 fully saturated rings. The van der Waals surface area contributed by atoms with Crippen molar-refractivity contribution in [2.24, 2.45) is 0 Å². The zero-order valence-electron chi connectivity index (χ0n) is 9.51. The molecule has 0 amide bonds. The third kappa shape index (κ3) is 2.23. The Balaban J connectivity index is 2.41. The van der Waals surface area contributed by atoms with Crippen molar-refractivity contribution in [3.05, 3.63) is 53.6 Å². The Morgan fingerprint density at radius 3 is 2.28 bits per heavy atom. The molecular weight excluding hydrogens is 224 g/mol. The van der Waals surface area contributed by atoms with Gasteiger partial charge in [0.05, 0.1) is 22.5 Å². The molecule has 3 N–H and O–H groups in total. The fourth-order valence-electron chi connectivity index (χ4n) is 1.60. The zero-order chi connectivity index (χ0) is 13.0. The molecule has 0 bridgehead atoms. The van der Waals surface area contributed by atoms with Gasteiger partial charge in [0.25, 0.3) is 0 Å². The number of nitriles is 2. The van der Waals surface area contributed by atoms with Gasteiger partial charge in [-0.3, -0.25) is 0 Å². The molecular formula is C14H10N4. The number of hydrogen-bond acceptors (Lipinski definition) is 4. The molecule has 18 heavy (non-hydrogen) atoms. The molecule has 0 aromatic heterocycles. The number of nitrogens with zero attached hydrogens (tertiary/aromatic N) is 2. The van der Waals surface area contributed by atoms with E-state index in [1.54, 1.807) is 36.4 Å². The molecule has 0 aliphatic rings. The predicted octanol–water partition coefficient (Wildman–Crippen LogP) is 2.76. The minimum absolute atomic E-state index is 0.447. The third-order valence-electron chi connectivity index (χ3n) is 2.48. The van der Waals surface area contributed by atoms with Gasteiger partial charge >= 0.3 is 0 Å². The van der Waals surface area contributed by atoms with Crippen molar-refractivity contribution in [1.29, 1.82) is 10.5 Å². The number of nitrogen functional groups attached to an aromatic ring is 1. The van der Waals surface area contributed by atoms with Crippen molar-refractivity contribution in [3.8, 4) is 12.1 Å². The fourth-order valence-corrected chi connectivity index (χ4v) is 1.60. The van der Waals surface area contributed by atoms with Gasteiger partial charge in [-0.15, -0.1) is 0 Å². The van der Waals surface area contributed by atoms with Gasteiger partial charge in [0, 0.05) is 5.69 Å². The first kappa shape index (κ1) is 11.5. The van der Waals surface area contributed by atoms with Crippen molar-refractivity contribution in [3.63, 3.8) is 0 Å². The Morgan fingerprint density at radius 2 is 1.56 bits per heavy atom. The average molecular weight is 234 g/mol. The van der Waals surface area contributed by atoms with E-state index in [9.17, 15) is 0 Å². The normalized spacial score (nSPS) is 9.22. The van der Waals surface area contributed by atoms with Gasteiger partial charge < -0.3 is 11.1 Å². The number of para-hydroxylation sites is 1. The maximum absolute atomic E-state index is 9.04. The van der Waals surface area contributed by atoms with E-state index in [1.165, 1.54) is 0 Å². The van der Waals surface area contributed by atoms with Crippen molar-refractivity contribution in [2.45, 2.75) is 0 Å². The summed E-state index contributed by atoms with van der Waals surface area (Å²) in [5.41, 5.74) is 8.43. The minimum atomic E-state index is 0.447. The highest BCUT2D eigenvalue weighted by Crippen LogP contribution is 2.24. The van der Waals surface area contributed by atoms with Crippen LogP contribution in [0.4, 0.5) is 17.1 Å². The van der Waals surface area contributed by atoms with Crippen molar-refractivity contribution in [1.82, 2.24) is 0 Å². The smallest absolute Gasteiger partial charge is 0.101 e. The summed E-state index contributed by atoms with van der Waals surface area (Å²) in [4.78, 5) is 0. The standard InChI is InChI=1S/C14H10N4/c15-8-10-3-1-2-4-13(10)18-14-6-5-12(17)7-11(14)9-16/h1-7,18H,17H2. The molecule has 0 spiro atoms. The third-order valence-corrected chi connectivity index (χ3v) is 2.48. The predicted molar refractivity (Wildman–Crippen MR) is 70.0 cm³/mol. The molecule has 2 aromatic carbocycles. The molecule has 0 saturated heterocycles. The molecule has 0 unspecified atom stereocenters. The molecule has 2 rings (SSSR count). The summed E-state index contributed by atoms with van der Waals surface area (Å²) < 4.78 is 0. The first-order chi connectivity index (χ1) is 8.74. The van der Waals surface area contributed by atoms with E-state index in [1.807, 2.05) is 6.07 Å². The van der Waals surface area contributed by atoms with Gasteiger partial charge in [0.15, 0.2) is 0 Å². The summed E-state index contributed by atoms with van der Waals surface area (Å²) in [6.07, 6.45) is 0. The van der Waals surface area contributed by atoms with Gasteiger partial charge in [-0.25, -0.2) is 0 Å². The van der Waals surface area contributed by atoms with Gasteiger partial charge in [0.2, 0.25) is 0 Å². The fraction of sp³-hybridized carbons (Fsp3) is 0. The van der Waals surface area contributed by atoms with Crippen LogP contribution in [0.15, 0.2) is 42.5 Å². The van der Waals surface area contributed by atoms with E-state index in [0.29, 0.717) is 28.2 Å². The minimum Gasteiger partial charge on any atom is -0.399 e. The molecule has 0 atom stereocenters. The Bertz CT molecular complexity index is 662. The van der Waals surface area contributed by atoms with Crippen molar-refractivity contribution in [2.75, 3.05) is 11.1 Å². The monoisotopic (exact) mass is 234 g/mol. The van der Waals surface area contributed by atoms with Crippen LogP contribution >= 0.6 is 0 Å². The summed E-state index contributed by atoms with van der Waals surface area (Å²) in [7, 11) is 0. The van der Waals surface area contributed by atoms with E-state index in [2.05, 4.69) is 17.5 Å². The van der Waals surface area contributed by atoms with E-state index in [-0.39, 0.29) is 0 Å². The second kappa shape index (κ2) is 4.90. The van der Waals surface area contributed by atoms with Crippen molar-refractivity contribution >= 4 is 17.1 Å². The lowest BCUT2D eigenvalue weighted by Crippen LogP contribution is -1.97. The van der Waals surface area contributed by atoms with Gasteiger partial charge in [-0.05, 0) is 30.3 Å². The molecule has 0 heterocycles. The van der Waals surface area contributed by atoms with Crippen molar-refractivity contribution < 1.29 is 0 Å². The van der Waals surface area contributed by atoms with Gasteiger partial charge in [0.1, 0.15) is 12.1 Å². The lowest BCUT2D eigenvalue weighted by Gasteiger charge is -2.09. The summed E-state index contributed by atoms with van der Waals surface area (Å²) in [5.74, 6) is 0. The van der Waals surface area contributed by atoms with Crippen LogP contribution in [0.25, 0.3) is 0 Å². The highest BCUT2D eigenvalue weighted by molar-refractivity contribution is 5.72. The van der Waals surface area contributed by atoms with Crippen LogP contribution in [-0.4, -0.2) is 0 Å². The maximum atomic E-state index is 9.04. The number of rotatable bonds is 2. The van der Waals surface area contributed by atoms with Gasteiger partial charge in [-0.2, -0.15) is 10.5 Å². The molecule has 2 aromatic rings. The molecule has 0 radical (unpaired) electrons. The topological polar surface area (TPSA) is 85.6 Å². The molecule has 86 valence electrons. The number of benzene rings is 2. The quantitative estimate of drug-likeness (QED) is 0.782. The van der Waals surface area contributed by atoms with E-state index in [4.69, 9.17) is 16.3 Å². The van der Waals surface area contributed by atoms with Crippen LogP contribution in [0.1, 0.15) is 11.1 Å². The summed E-state index contributed by atoms with van der Waals surface area (Å²) in [6.45, 7) is 0. The number of hydrogen-bond donors (Lipinski definition) is 2. The highest BCUT2D eigenvalue weighted by Gasteiger charge is 2.05. The Morgan fingerprint density at radius 1 is 0.889 bits per heavy atom. The lowest BCUT2D eigenvalue weighted by molar-refractivity contribution is 1.44. The number of nitrogens with one attached hydrogen (secondary N) is 1. The number of nitrogens with two attached hydrogens (primary N) is 1. The molecule has 4 heteroatoms. The van der Waals surface area contributed by atoms with Crippen LogP contribution in [0.3, 0.4) is 0 Å². The Labute approximate surface area is 105 Å². The highest BCUT2D eigenvalue weighted by atomic mass is 14.9. The molecule has 0 saturated carbocycles. The summed E-state index contributed by atoms with van der Waals surface area (Å²) in [5, 5.41) is 21.1. The van der Waals surface area contributed by atoms with Crippen LogP contribution in [-0.2, 0) is 0 Å². The van der Waals surface area contributed by atoms with Gasteiger partial charge in [-0.1, -0.05) is 12.1 Å². The first-order valence-corrected chi connectivity index (χ1v) is 5.30. The maximum Gasteiger partial charge on any atom is 0.101 e. The molecule has 0 aliphatic heterocycles. The van der Waals surface area contributed by atoms with Crippen LogP contribution in [0, 0.1) is 22.7 Å². The first-order valence-electron chi connectivity index (χ1n) is 5.30. The van der Waals surface area contributed by atoms with Crippen LogP contribution in [0.2, 0.25) is 0 Å². The average Bonchev–Trinajstić information content (AvgIpc) is 2.41.